The molecule has 0 bridgehead atoms. The number of hydrogen-bond donors (Lipinski definition) is 1. The van der Waals surface area contributed by atoms with Crippen LogP contribution < -0.4 is 15.8 Å². The first kappa shape index (κ1) is 26.2. The number of aryl methyl sites for hydroxylation is 2. The second kappa shape index (κ2) is 11.4. The number of morpholine rings is 1. The summed E-state index contributed by atoms with van der Waals surface area (Å²) in [6.45, 7) is 12.3. The third-order valence-electron chi connectivity index (χ3n) is 5.78. The van der Waals surface area contributed by atoms with E-state index < -0.39 is 0 Å². The van der Waals surface area contributed by atoms with Gasteiger partial charge in [-0.2, -0.15) is 0 Å². The molecule has 1 aliphatic rings. The van der Waals surface area contributed by atoms with Gasteiger partial charge >= 0.3 is 31.1 Å². The van der Waals surface area contributed by atoms with Crippen LogP contribution >= 0.6 is 0 Å². The molecule has 34 heavy (non-hydrogen) atoms. The van der Waals surface area contributed by atoms with E-state index in [0.29, 0.717) is 48.9 Å². The number of aromatic nitrogens is 2. The maximum atomic E-state index is 12.8. The Kier molecular flexibility index (Phi) is 8.75. The zero-order valence-electron chi connectivity index (χ0n) is 19.5. The van der Waals surface area contributed by atoms with Crippen molar-refractivity contribution in [2.45, 2.75) is 12.8 Å². The number of nitrogens with one attached hydrogen (secondary N) is 1. The molecule has 0 aliphatic carbocycles. The van der Waals surface area contributed by atoms with E-state index in [9.17, 15) is 9.59 Å². The molecule has 1 amide bonds. The fourth-order valence-corrected chi connectivity index (χ4v) is 3.90. The van der Waals surface area contributed by atoms with E-state index >= 15 is 0 Å². The molecule has 0 saturated carbocycles. The maximum Gasteiger partial charge on any atom is 2.00 e. The molecule has 8 heteroatoms. The number of ether oxygens (including phenoxy) is 1. The number of anilines is 2. The van der Waals surface area contributed by atoms with Crippen LogP contribution in [0.25, 0.3) is 11.1 Å². The molecular weight excluding hydrogens is 654 g/mol. The van der Waals surface area contributed by atoms with Crippen LogP contribution in [0.5, 0.6) is 0 Å². The molecule has 3 heterocycles. The Morgan fingerprint density at radius 2 is 1.88 bits per heavy atom. The van der Waals surface area contributed by atoms with Gasteiger partial charge < -0.3 is 33.4 Å². The normalized spacial score (nSPS) is 13.5. The Morgan fingerprint density at radius 3 is 2.59 bits per heavy atom. The topological polar surface area (TPSA) is 76.5 Å². The predicted molar refractivity (Wildman–Crippen MR) is 131 cm³/mol. The monoisotopic (exact) mass is 682 g/mol. The number of carbonyl (C=O) groups is 1. The van der Waals surface area contributed by atoms with E-state index in [1.165, 1.54) is 0 Å². The maximum absolute atomic E-state index is 12.8. The second-order valence-corrected chi connectivity index (χ2v) is 8.28. The van der Waals surface area contributed by atoms with Gasteiger partial charge in [0.2, 0.25) is 0 Å². The third-order valence-corrected chi connectivity index (χ3v) is 5.78. The number of carbonyl (C=O) groups excluding carboxylic acids is 1. The third kappa shape index (κ3) is 5.80. The largest absolute Gasteiger partial charge is 2.00 e. The molecule has 1 aliphatic heterocycles. The van der Waals surface area contributed by atoms with Crippen LogP contribution in [0.2, 0.25) is 0 Å². The van der Waals surface area contributed by atoms with Crippen LogP contribution in [0.4, 0.5) is 11.4 Å². The van der Waals surface area contributed by atoms with Gasteiger partial charge in [-0.1, -0.05) is 6.07 Å². The van der Waals surface area contributed by atoms with Crippen LogP contribution in [0.3, 0.4) is 0 Å². The minimum Gasteiger partial charge on any atom is -0.378 e. The average molecular weight is 683 g/mol. The van der Waals surface area contributed by atoms with Crippen molar-refractivity contribution < 1.29 is 40.6 Å². The number of nitrogens with zero attached hydrogens (tertiary/aromatic N) is 3. The first-order chi connectivity index (χ1) is 15.8. The van der Waals surface area contributed by atoms with Gasteiger partial charge in [-0.05, 0) is 54.1 Å². The minimum atomic E-state index is -0.255. The molecule has 1 saturated heterocycles. The van der Waals surface area contributed by atoms with Gasteiger partial charge in [0, 0.05) is 49.3 Å². The molecule has 0 atom stereocenters. The Labute approximate surface area is 223 Å². The second-order valence-electron chi connectivity index (χ2n) is 8.28. The molecule has 0 unspecified atom stereocenters. The Hall–Kier alpha value is -2.40. The standard InChI is InChI=1S/C26H28N4O3.U/c1-17(2)23-13-19(7-8-27-23)25(31)28-21-6-5-18(3)22(15-21)20-14-24(26(32)29(4)16-20)30-9-11-33-12-10-30;/h5-8,13-17H,1-2,9-12H2,3-4H3,(H,28,31);/q-2;+2. The summed E-state index contributed by atoms with van der Waals surface area (Å²) >= 11 is 0. The van der Waals surface area contributed by atoms with Crippen molar-refractivity contribution in [3.63, 3.8) is 0 Å². The predicted octanol–water partition coefficient (Wildman–Crippen LogP) is 3.60. The summed E-state index contributed by atoms with van der Waals surface area (Å²) < 4.78 is 7.04. The van der Waals surface area contributed by atoms with Crippen molar-refractivity contribution in [3.8, 4) is 11.1 Å². The number of rotatable bonds is 5. The van der Waals surface area contributed by atoms with Crippen molar-refractivity contribution in [2.24, 2.45) is 7.05 Å². The summed E-state index contributed by atoms with van der Waals surface area (Å²) in [6.07, 6.45) is 3.42. The smallest absolute Gasteiger partial charge is 0.378 e. The van der Waals surface area contributed by atoms with Crippen LogP contribution in [0.15, 0.2) is 53.6 Å². The van der Waals surface area contributed by atoms with E-state index in [2.05, 4.69) is 29.0 Å². The first-order valence-corrected chi connectivity index (χ1v) is 10.9. The molecule has 174 valence electrons. The van der Waals surface area contributed by atoms with Crippen molar-refractivity contribution in [3.05, 3.63) is 89.8 Å². The van der Waals surface area contributed by atoms with Gasteiger partial charge in [-0.25, -0.2) is 0 Å². The Balaban J connectivity index is 0.00000324. The van der Waals surface area contributed by atoms with Crippen LogP contribution in [-0.4, -0.2) is 41.8 Å². The van der Waals surface area contributed by atoms with E-state index in [1.54, 1.807) is 29.9 Å². The van der Waals surface area contributed by atoms with E-state index in [0.717, 1.165) is 16.7 Å². The molecule has 3 aromatic rings. The summed E-state index contributed by atoms with van der Waals surface area (Å²) in [5.41, 5.74) is 5.35. The number of hydrogen-bond acceptors (Lipinski definition) is 5. The fraction of sp³-hybridized carbons (Fsp3) is 0.269. The molecular formula is C26H28N4O3U. The van der Waals surface area contributed by atoms with E-state index in [4.69, 9.17) is 4.74 Å². The van der Waals surface area contributed by atoms with Crippen LogP contribution in [0, 0.1) is 51.9 Å². The van der Waals surface area contributed by atoms with E-state index in [-0.39, 0.29) is 48.5 Å². The summed E-state index contributed by atoms with van der Waals surface area (Å²) in [6, 6.07) is 11.1. The number of amides is 1. The molecule has 1 N–H and O–H groups in total. The number of benzene rings is 1. The zero-order valence-corrected chi connectivity index (χ0v) is 23.7. The SMILES string of the molecule is [CH2-]C([CH2-])c1cc(C(=O)Nc2ccc(C)c(-c3cc(N4CCOCC4)c(=O)n(C)c3)c2)ccn1.[U+2]. The van der Waals surface area contributed by atoms with Crippen LogP contribution in [0.1, 0.15) is 27.5 Å². The Morgan fingerprint density at radius 1 is 1.15 bits per heavy atom. The fourth-order valence-electron chi connectivity index (χ4n) is 3.90. The quantitative estimate of drug-likeness (QED) is 0.417. The summed E-state index contributed by atoms with van der Waals surface area (Å²) in [5.74, 6) is -0.488. The molecule has 4 rings (SSSR count). The van der Waals surface area contributed by atoms with Crippen molar-refractivity contribution in [1.29, 1.82) is 0 Å². The molecule has 0 spiro atoms. The van der Waals surface area contributed by atoms with Crippen LogP contribution in [-0.2, 0) is 11.8 Å². The molecule has 2 aromatic heterocycles. The van der Waals surface area contributed by atoms with Crippen molar-refractivity contribution in [2.75, 3.05) is 36.5 Å². The van der Waals surface area contributed by atoms with Gasteiger partial charge in [-0.3, -0.25) is 20.5 Å². The van der Waals surface area contributed by atoms with E-state index in [1.807, 2.05) is 37.4 Å². The van der Waals surface area contributed by atoms with Crippen molar-refractivity contribution in [1.82, 2.24) is 9.55 Å². The average Bonchev–Trinajstić information content (AvgIpc) is 2.82. The minimum absolute atomic E-state index is 0. The number of pyridine rings is 2. The summed E-state index contributed by atoms with van der Waals surface area (Å²) in [4.78, 5) is 31.9. The molecule has 0 radical (unpaired) electrons. The molecule has 1 fully saturated rings. The molecule has 7 nitrogen and oxygen atoms in total. The summed E-state index contributed by atoms with van der Waals surface area (Å²) in [7, 11) is 1.76. The first-order valence-electron chi connectivity index (χ1n) is 10.9. The zero-order chi connectivity index (χ0) is 23.5. The van der Waals surface area contributed by atoms with Gasteiger partial charge in [-0.15, -0.1) is 0 Å². The van der Waals surface area contributed by atoms with Crippen molar-refractivity contribution >= 4 is 17.3 Å². The van der Waals surface area contributed by atoms with Gasteiger partial charge in [0.1, 0.15) is 5.69 Å². The van der Waals surface area contributed by atoms with Gasteiger partial charge in [0.05, 0.1) is 13.2 Å². The van der Waals surface area contributed by atoms with Gasteiger partial charge in [0.25, 0.3) is 11.5 Å². The Bertz CT molecular complexity index is 1230. The van der Waals surface area contributed by atoms with Gasteiger partial charge in [0.15, 0.2) is 0 Å². The summed E-state index contributed by atoms with van der Waals surface area (Å²) in [5, 5.41) is 2.96. The molecule has 1 aromatic carbocycles.